The molecule has 1 unspecified atom stereocenters. The van der Waals surface area contributed by atoms with Crippen molar-refractivity contribution in [3.05, 3.63) is 28.9 Å². The van der Waals surface area contributed by atoms with Crippen LogP contribution in [0.15, 0.2) is 23.3 Å². The maximum Gasteiger partial charge on any atom is 0.347 e. The zero-order valence-corrected chi connectivity index (χ0v) is 7.54. The summed E-state index contributed by atoms with van der Waals surface area (Å²) < 4.78 is 1.04. The molecule has 1 heterocycles. The van der Waals surface area contributed by atoms with Gasteiger partial charge in [0.25, 0.3) is 0 Å². The van der Waals surface area contributed by atoms with E-state index in [0.29, 0.717) is 0 Å². The van der Waals surface area contributed by atoms with E-state index in [2.05, 4.69) is 4.98 Å². The van der Waals surface area contributed by atoms with Crippen molar-refractivity contribution in [3.8, 4) is 0 Å². The molecule has 6 heteroatoms. The number of aromatic nitrogens is 2. The van der Waals surface area contributed by atoms with Crippen LogP contribution in [0.1, 0.15) is 6.92 Å². The van der Waals surface area contributed by atoms with Crippen LogP contribution in [-0.2, 0) is 11.3 Å². The highest BCUT2D eigenvalue weighted by Gasteiger charge is 2.30. The number of aliphatic hydroxyl groups is 1. The quantitative estimate of drug-likeness (QED) is 0.655. The van der Waals surface area contributed by atoms with Gasteiger partial charge in [-0.25, -0.2) is 14.6 Å². The molecule has 1 aromatic rings. The van der Waals surface area contributed by atoms with E-state index >= 15 is 0 Å². The molecule has 0 amide bonds. The van der Waals surface area contributed by atoms with Crippen molar-refractivity contribution in [2.24, 2.45) is 0 Å². The van der Waals surface area contributed by atoms with Crippen LogP contribution in [0.4, 0.5) is 0 Å². The van der Waals surface area contributed by atoms with E-state index in [4.69, 9.17) is 5.11 Å². The molecule has 6 nitrogen and oxygen atoms in total. The highest BCUT2D eigenvalue weighted by Crippen LogP contribution is 2.05. The molecule has 14 heavy (non-hydrogen) atoms. The number of hydrogen-bond donors (Lipinski definition) is 2. The lowest BCUT2D eigenvalue weighted by Gasteiger charge is -2.18. The molecule has 0 spiro atoms. The Balaban J connectivity index is 2.95. The maximum atomic E-state index is 11.1. The van der Waals surface area contributed by atoms with Gasteiger partial charge in [-0.3, -0.25) is 4.57 Å². The van der Waals surface area contributed by atoms with Gasteiger partial charge in [-0.2, -0.15) is 0 Å². The van der Waals surface area contributed by atoms with Gasteiger partial charge in [0.15, 0.2) is 5.60 Å². The molecule has 0 saturated heterocycles. The molecule has 0 aromatic carbocycles. The Morgan fingerprint density at radius 1 is 1.71 bits per heavy atom. The monoisotopic (exact) mass is 198 g/mol. The topological polar surface area (TPSA) is 92.4 Å². The maximum absolute atomic E-state index is 11.1. The van der Waals surface area contributed by atoms with Crippen molar-refractivity contribution < 1.29 is 15.0 Å². The Kier molecular flexibility index (Phi) is 2.66. The first kappa shape index (κ1) is 10.4. The fourth-order valence-corrected chi connectivity index (χ4v) is 0.907. The zero-order valence-electron chi connectivity index (χ0n) is 7.54. The molecule has 76 valence electrons. The lowest BCUT2D eigenvalue weighted by molar-refractivity contribution is -0.157. The van der Waals surface area contributed by atoms with Gasteiger partial charge in [0.1, 0.15) is 0 Å². The predicted molar refractivity (Wildman–Crippen MR) is 46.8 cm³/mol. The highest BCUT2D eigenvalue weighted by molar-refractivity contribution is 5.76. The molecular weight excluding hydrogens is 188 g/mol. The van der Waals surface area contributed by atoms with Gasteiger partial charge in [-0.1, -0.05) is 0 Å². The van der Waals surface area contributed by atoms with Gasteiger partial charge in [-0.05, 0) is 13.0 Å². The second kappa shape index (κ2) is 3.59. The molecule has 1 rings (SSSR count). The third-order valence-electron chi connectivity index (χ3n) is 1.72. The fraction of sp³-hybridized carbons (Fsp3) is 0.375. The Bertz CT molecular complexity index is 396. The second-order valence-corrected chi connectivity index (χ2v) is 3.11. The number of hydrogen-bond acceptors (Lipinski definition) is 4. The SMILES string of the molecule is CC(O)(Cn1cccnc1=O)C(=O)O. The standard InChI is InChI=1S/C8H10N2O4/c1-8(14,6(11)12)5-10-4-2-3-9-7(10)13/h2-4,14H,5H2,1H3,(H,11,12). The van der Waals surface area contributed by atoms with E-state index in [1.54, 1.807) is 0 Å². The van der Waals surface area contributed by atoms with Crippen molar-refractivity contribution in [3.63, 3.8) is 0 Å². The summed E-state index contributed by atoms with van der Waals surface area (Å²) in [4.78, 5) is 25.0. The van der Waals surface area contributed by atoms with E-state index in [9.17, 15) is 14.7 Å². The van der Waals surface area contributed by atoms with Crippen LogP contribution >= 0.6 is 0 Å². The van der Waals surface area contributed by atoms with Gasteiger partial charge in [0.2, 0.25) is 0 Å². The summed E-state index contributed by atoms with van der Waals surface area (Å²) in [7, 11) is 0. The predicted octanol–water partition coefficient (Wildman–Crippen LogP) is -0.921. The van der Waals surface area contributed by atoms with Crippen LogP contribution < -0.4 is 5.69 Å². The van der Waals surface area contributed by atoms with Crippen molar-refractivity contribution in [2.75, 3.05) is 0 Å². The largest absolute Gasteiger partial charge is 0.479 e. The third kappa shape index (κ3) is 2.17. The summed E-state index contributed by atoms with van der Waals surface area (Å²) in [6, 6.07) is 1.49. The van der Waals surface area contributed by atoms with Crippen molar-refractivity contribution in [1.29, 1.82) is 0 Å². The summed E-state index contributed by atoms with van der Waals surface area (Å²) >= 11 is 0. The number of aliphatic carboxylic acids is 1. The van der Waals surface area contributed by atoms with Crippen LogP contribution in [-0.4, -0.2) is 31.3 Å². The lowest BCUT2D eigenvalue weighted by Crippen LogP contribution is -2.42. The molecule has 2 N–H and O–H groups in total. The minimum Gasteiger partial charge on any atom is -0.479 e. The highest BCUT2D eigenvalue weighted by atomic mass is 16.4. The summed E-state index contributed by atoms with van der Waals surface area (Å²) in [5.74, 6) is -1.38. The number of carboxylic acid groups (broad SMARTS) is 1. The first-order valence-electron chi connectivity index (χ1n) is 3.91. The van der Waals surface area contributed by atoms with E-state index in [1.165, 1.54) is 18.5 Å². The first-order valence-corrected chi connectivity index (χ1v) is 3.91. The minimum atomic E-state index is -1.97. The first-order chi connectivity index (χ1) is 6.43. The van der Waals surface area contributed by atoms with Crippen LogP contribution in [0.3, 0.4) is 0 Å². The van der Waals surface area contributed by atoms with E-state index in [-0.39, 0.29) is 6.54 Å². The zero-order chi connectivity index (χ0) is 10.8. The van der Waals surface area contributed by atoms with Crippen molar-refractivity contribution >= 4 is 5.97 Å². The normalized spacial score (nSPS) is 14.7. The smallest absolute Gasteiger partial charge is 0.347 e. The Labute approximate surface area is 79.5 Å². The van der Waals surface area contributed by atoms with E-state index in [1.807, 2.05) is 0 Å². The lowest BCUT2D eigenvalue weighted by atomic mass is 10.1. The average molecular weight is 198 g/mol. The molecular formula is C8H10N2O4. The summed E-state index contributed by atoms with van der Waals surface area (Å²) in [6.45, 7) is 0.795. The van der Waals surface area contributed by atoms with Gasteiger partial charge < -0.3 is 10.2 Å². The van der Waals surface area contributed by atoms with E-state index in [0.717, 1.165) is 11.5 Å². The summed E-state index contributed by atoms with van der Waals surface area (Å²) in [6.07, 6.45) is 2.67. The molecule has 0 aliphatic rings. The number of carbonyl (C=O) groups is 1. The molecule has 0 aliphatic carbocycles. The number of nitrogens with zero attached hydrogens (tertiary/aromatic N) is 2. The third-order valence-corrected chi connectivity index (χ3v) is 1.72. The Morgan fingerprint density at radius 3 is 2.86 bits per heavy atom. The van der Waals surface area contributed by atoms with Gasteiger partial charge in [0, 0.05) is 12.4 Å². The second-order valence-electron chi connectivity index (χ2n) is 3.11. The van der Waals surface area contributed by atoms with Gasteiger partial charge >= 0.3 is 11.7 Å². The summed E-state index contributed by atoms with van der Waals surface area (Å²) in [5, 5.41) is 18.0. The van der Waals surface area contributed by atoms with Gasteiger partial charge in [-0.15, -0.1) is 0 Å². The number of carboxylic acids is 1. The molecule has 1 atom stereocenters. The molecule has 1 aromatic heterocycles. The van der Waals surface area contributed by atoms with Crippen LogP contribution in [0.5, 0.6) is 0 Å². The molecule has 0 aliphatic heterocycles. The van der Waals surface area contributed by atoms with Crippen LogP contribution in [0.25, 0.3) is 0 Å². The molecule has 0 radical (unpaired) electrons. The van der Waals surface area contributed by atoms with Crippen LogP contribution in [0.2, 0.25) is 0 Å². The Hall–Kier alpha value is -1.69. The fourth-order valence-electron chi connectivity index (χ4n) is 0.907. The Morgan fingerprint density at radius 2 is 2.36 bits per heavy atom. The number of rotatable bonds is 3. The summed E-state index contributed by atoms with van der Waals surface area (Å²) in [5.41, 5.74) is -2.55. The van der Waals surface area contributed by atoms with E-state index < -0.39 is 17.3 Å². The van der Waals surface area contributed by atoms with Gasteiger partial charge in [0.05, 0.1) is 6.54 Å². The van der Waals surface area contributed by atoms with Crippen LogP contribution in [0, 0.1) is 0 Å². The van der Waals surface area contributed by atoms with Crippen molar-refractivity contribution in [1.82, 2.24) is 9.55 Å². The molecule has 0 bridgehead atoms. The molecule has 0 saturated carbocycles. The minimum absolute atomic E-state index is 0.324. The average Bonchev–Trinajstić information content (AvgIpc) is 2.08. The molecule has 0 fully saturated rings. The van der Waals surface area contributed by atoms with Crippen molar-refractivity contribution in [2.45, 2.75) is 19.1 Å².